The van der Waals surface area contributed by atoms with Crippen molar-refractivity contribution in [3.63, 3.8) is 0 Å². The monoisotopic (exact) mass is 436 g/mol. The Morgan fingerprint density at radius 2 is 1.86 bits per heavy atom. The minimum Gasteiger partial charge on any atom is -0.492 e. The van der Waals surface area contributed by atoms with Crippen molar-refractivity contribution in [2.45, 2.75) is 24.7 Å². The Morgan fingerprint density at radius 3 is 2.52 bits per heavy atom. The summed E-state index contributed by atoms with van der Waals surface area (Å²) in [6.07, 6.45) is 1.74. The van der Waals surface area contributed by atoms with Gasteiger partial charge in [0.05, 0.1) is 11.4 Å². The molecule has 0 spiro atoms. The molecule has 0 atom stereocenters. The van der Waals surface area contributed by atoms with Crippen molar-refractivity contribution in [3.05, 3.63) is 59.1 Å². The van der Waals surface area contributed by atoms with Gasteiger partial charge in [-0.05, 0) is 61.2 Å². The quantitative estimate of drug-likeness (QED) is 0.673. The molecule has 0 unspecified atom stereocenters. The average molecular weight is 437 g/mol. The molecule has 0 aromatic heterocycles. The van der Waals surface area contributed by atoms with Crippen molar-refractivity contribution in [3.8, 4) is 5.75 Å². The van der Waals surface area contributed by atoms with Crippen LogP contribution < -0.4 is 10.1 Å². The lowest BCUT2D eigenvalue weighted by molar-refractivity contribution is 0.0947. The van der Waals surface area contributed by atoms with E-state index in [4.69, 9.17) is 16.3 Å². The first-order chi connectivity index (χ1) is 13.9. The number of nitrogens with zero attached hydrogens (tertiary/aromatic N) is 1. The fraction of sp³-hybridized carbons (Fsp3) is 0.381. The second kappa shape index (κ2) is 9.61. The first kappa shape index (κ1) is 21.6. The van der Waals surface area contributed by atoms with Crippen LogP contribution in [-0.2, 0) is 10.0 Å². The van der Waals surface area contributed by atoms with Crippen molar-refractivity contribution in [1.29, 1.82) is 0 Å². The number of carbonyl (C=O) groups excluding carboxylic acids is 1. The molecule has 6 nitrogen and oxygen atoms in total. The van der Waals surface area contributed by atoms with Crippen molar-refractivity contribution >= 4 is 27.5 Å². The Kier molecular flexibility index (Phi) is 7.16. The zero-order valence-electron chi connectivity index (χ0n) is 16.3. The number of hydrogen-bond acceptors (Lipinski definition) is 4. The van der Waals surface area contributed by atoms with Crippen LogP contribution in [0.15, 0.2) is 53.4 Å². The molecule has 0 bridgehead atoms. The largest absolute Gasteiger partial charge is 0.492 e. The predicted molar refractivity (Wildman–Crippen MR) is 113 cm³/mol. The highest BCUT2D eigenvalue weighted by Gasteiger charge is 2.28. The van der Waals surface area contributed by atoms with Crippen LogP contribution in [0.25, 0.3) is 0 Å². The fourth-order valence-electron chi connectivity index (χ4n) is 3.14. The van der Waals surface area contributed by atoms with Gasteiger partial charge in [-0.15, -0.1) is 0 Å². The fourth-order valence-corrected chi connectivity index (χ4v) is 4.79. The van der Waals surface area contributed by atoms with Gasteiger partial charge in [0.25, 0.3) is 5.91 Å². The molecule has 1 heterocycles. The van der Waals surface area contributed by atoms with Crippen LogP contribution in [0.4, 0.5) is 0 Å². The molecule has 3 rings (SSSR count). The lowest BCUT2D eigenvalue weighted by Gasteiger charge is -2.29. The molecule has 1 N–H and O–H groups in total. The number of carbonyl (C=O) groups is 1. The number of hydrogen-bond donors (Lipinski definition) is 1. The molecule has 2 aromatic rings. The number of piperidine rings is 1. The van der Waals surface area contributed by atoms with Crippen LogP contribution in [0.2, 0.25) is 5.02 Å². The van der Waals surface area contributed by atoms with E-state index in [9.17, 15) is 13.2 Å². The van der Waals surface area contributed by atoms with Gasteiger partial charge in [-0.3, -0.25) is 4.79 Å². The van der Waals surface area contributed by atoms with E-state index in [-0.39, 0.29) is 10.8 Å². The SMILES string of the molecule is CC1CCN(S(=O)(=O)c2ccc(C(=O)NCCOc3cccc(Cl)c3)cc2)CC1. The zero-order chi connectivity index (χ0) is 20.9. The maximum atomic E-state index is 12.7. The van der Waals surface area contributed by atoms with E-state index < -0.39 is 10.0 Å². The van der Waals surface area contributed by atoms with E-state index in [1.165, 1.54) is 28.6 Å². The highest BCUT2D eigenvalue weighted by Crippen LogP contribution is 2.23. The van der Waals surface area contributed by atoms with Gasteiger partial charge < -0.3 is 10.1 Å². The number of halogens is 1. The van der Waals surface area contributed by atoms with E-state index in [0.717, 1.165) is 12.8 Å². The van der Waals surface area contributed by atoms with Crippen molar-refractivity contribution < 1.29 is 17.9 Å². The number of benzene rings is 2. The van der Waals surface area contributed by atoms with Crippen molar-refractivity contribution in [2.75, 3.05) is 26.2 Å². The number of rotatable bonds is 7. The third kappa shape index (κ3) is 5.72. The highest BCUT2D eigenvalue weighted by molar-refractivity contribution is 7.89. The molecule has 0 saturated carbocycles. The van der Waals surface area contributed by atoms with Gasteiger partial charge in [0.15, 0.2) is 0 Å². The molecule has 29 heavy (non-hydrogen) atoms. The second-order valence-corrected chi connectivity index (χ2v) is 9.55. The van der Waals surface area contributed by atoms with Crippen LogP contribution in [0.5, 0.6) is 5.75 Å². The third-order valence-electron chi connectivity index (χ3n) is 4.95. The Hall–Kier alpha value is -2.09. The Bertz CT molecular complexity index is 939. The summed E-state index contributed by atoms with van der Waals surface area (Å²) in [6.45, 7) is 3.83. The standard InChI is InChI=1S/C21H25ClN2O4S/c1-16-9-12-24(13-10-16)29(26,27)20-7-5-17(6-8-20)21(25)23-11-14-28-19-4-2-3-18(22)15-19/h2-8,15-16H,9-14H2,1H3,(H,23,25). The molecule has 1 amide bonds. The molecular weight excluding hydrogens is 412 g/mol. The molecule has 8 heteroatoms. The molecule has 1 aliphatic rings. The smallest absolute Gasteiger partial charge is 0.251 e. The molecule has 1 aliphatic heterocycles. The van der Waals surface area contributed by atoms with Gasteiger partial charge in [0, 0.05) is 23.7 Å². The lowest BCUT2D eigenvalue weighted by atomic mass is 10.0. The molecule has 0 radical (unpaired) electrons. The molecule has 1 fully saturated rings. The molecule has 2 aromatic carbocycles. The van der Waals surface area contributed by atoms with E-state index in [2.05, 4.69) is 12.2 Å². The van der Waals surface area contributed by atoms with Crippen LogP contribution in [0.3, 0.4) is 0 Å². The van der Waals surface area contributed by atoms with E-state index in [1.807, 2.05) is 0 Å². The lowest BCUT2D eigenvalue weighted by Crippen LogP contribution is -2.37. The summed E-state index contributed by atoms with van der Waals surface area (Å²) in [7, 11) is -3.51. The molecule has 156 valence electrons. The van der Waals surface area contributed by atoms with Gasteiger partial charge in [0.2, 0.25) is 10.0 Å². The van der Waals surface area contributed by atoms with E-state index in [0.29, 0.717) is 48.5 Å². The van der Waals surface area contributed by atoms with E-state index >= 15 is 0 Å². The van der Waals surface area contributed by atoms with Crippen LogP contribution >= 0.6 is 11.6 Å². The highest BCUT2D eigenvalue weighted by atomic mass is 35.5. The van der Waals surface area contributed by atoms with Gasteiger partial charge in [-0.1, -0.05) is 24.6 Å². The minimum atomic E-state index is -3.51. The van der Waals surface area contributed by atoms with Crippen LogP contribution in [0, 0.1) is 5.92 Å². The zero-order valence-corrected chi connectivity index (χ0v) is 17.9. The summed E-state index contributed by atoms with van der Waals surface area (Å²) in [5.41, 5.74) is 0.402. The average Bonchev–Trinajstić information content (AvgIpc) is 2.71. The maximum absolute atomic E-state index is 12.7. The summed E-state index contributed by atoms with van der Waals surface area (Å²) in [5, 5.41) is 3.34. The number of sulfonamides is 1. The molecular formula is C21H25ClN2O4S. The number of amides is 1. The van der Waals surface area contributed by atoms with Crippen molar-refractivity contribution in [2.24, 2.45) is 5.92 Å². The van der Waals surface area contributed by atoms with Crippen LogP contribution in [-0.4, -0.2) is 44.9 Å². The van der Waals surface area contributed by atoms with Gasteiger partial charge in [-0.25, -0.2) is 8.42 Å². The van der Waals surface area contributed by atoms with Gasteiger partial charge >= 0.3 is 0 Å². The molecule has 0 aliphatic carbocycles. The summed E-state index contributed by atoms with van der Waals surface area (Å²) in [5.74, 6) is 0.902. The predicted octanol–water partition coefficient (Wildman–Crippen LogP) is 3.57. The Morgan fingerprint density at radius 1 is 1.17 bits per heavy atom. The van der Waals surface area contributed by atoms with Gasteiger partial charge in [-0.2, -0.15) is 4.31 Å². The Labute approximate surface area is 176 Å². The molecule has 1 saturated heterocycles. The van der Waals surface area contributed by atoms with Gasteiger partial charge in [0.1, 0.15) is 12.4 Å². The van der Waals surface area contributed by atoms with Crippen LogP contribution in [0.1, 0.15) is 30.1 Å². The summed E-state index contributed by atoms with van der Waals surface area (Å²) < 4.78 is 32.5. The maximum Gasteiger partial charge on any atom is 0.251 e. The summed E-state index contributed by atoms with van der Waals surface area (Å²) in [4.78, 5) is 12.5. The first-order valence-electron chi connectivity index (χ1n) is 9.63. The topological polar surface area (TPSA) is 75.7 Å². The number of ether oxygens (including phenoxy) is 1. The summed E-state index contributed by atoms with van der Waals surface area (Å²) >= 11 is 5.89. The third-order valence-corrected chi connectivity index (χ3v) is 7.10. The first-order valence-corrected chi connectivity index (χ1v) is 11.4. The normalized spacial score (nSPS) is 15.8. The minimum absolute atomic E-state index is 0.216. The Balaban J connectivity index is 1.52. The van der Waals surface area contributed by atoms with Crippen molar-refractivity contribution in [1.82, 2.24) is 9.62 Å². The van der Waals surface area contributed by atoms with E-state index in [1.54, 1.807) is 24.3 Å². The second-order valence-electron chi connectivity index (χ2n) is 7.17. The number of nitrogens with one attached hydrogen (secondary N) is 1. The summed E-state index contributed by atoms with van der Waals surface area (Å²) in [6, 6.07) is 13.1.